The van der Waals surface area contributed by atoms with Crippen LogP contribution < -0.4 is 20.1 Å². The number of para-hydroxylation sites is 1. The Morgan fingerprint density at radius 2 is 1.93 bits per heavy atom. The summed E-state index contributed by atoms with van der Waals surface area (Å²) in [5.41, 5.74) is 2.07. The molecule has 2 aromatic carbocycles. The first-order valence-electron chi connectivity index (χ1n) is 12.7. The Morgan fingerprint density at radius 3 is 2.68 bits per heavy atom. The molecule has 4 N–H and O–H groups in total. The zero-order chi connectivity index (χ0) is 29.1. The third kappa shape index (κ3) is 6.55. The molecule has 1 amide bonds. The van der Waals surface area contributed by atoms with Gasteiger partial charge >= 0.3 is 12.1 Å². The van der Waals surface area contributed by atoms with E-state index in [0.717, 1.165) is 28.2 Å². The molecule has 214 valence electrons. The largest absolute Gasteiger partial charge is 0.491 e. The van der Waals surface area contributed by atoms with Gasteiger partial charge in [-0.3, -0.25) is 20.0 Å². The molecule has 3 heterocycles. The number of nitrogens with one attached hydrogen (secondary N) is 4. The molecule has 5 rings (SSSR count). The summed E-state index contributed by atoms with van der Waals surface area (Å²) in [6, 6.07) is 12.6. The lowest BCUT2D eigenvalue weighted by molar-refractivity contribution is -0.189. The third-order valence-corrected chi connectivity index (χ3v) is 6.82. The van der Waals surface area contributed by atoms with Gasteiger partial charge in [0.2, 0.25) is 4.77 Å². The highest BCUT2D eigenvalue weighted by molar-refractivity contribution is 7.71. The monoisotopic (exact) mass is 586 g/mol. The number of aromatic amines is 2. The number of esters is 1. The number of hydrogen-bond donors (Lipinski definition) is 4. The third-order valence-electron chi connectivity index (χ3n) is 6.63. The topological polar surface area (TPSA) is 134 Å². The van der Waals surface area contributed by atoms with Gasteiger partial charge in [0.1, 0.15) is 23.9 Å². The Bertz CT molecular complexity index is 1650. The van der Waals surface area contributed by atoms with Crippen LogP contribution in [0.3, 0.4) is 0 Å². The minimum absolute atomic E-state index is 0.0580. The Morgan fingerprint density at radius 1 is 1.12 bits per heavy atom. The first-order valence-corrected chi connectivity index (χ1v) is 13.1. The number of pyridine rings is 1. The number of alkyl halides is 3. The fraction of sp³-hybridized carbons (Fsp3) is 0.296. The van der Waals surface area contributed by atoms with E-state index in [4.69, 9.17) is 17.0 Å². The van der Waals surface area contributed by atoms with Gasteiger partial charge in [0.15, 0.2) is 0 Å². The summed E-state index contributed by atoms with van der Waals surface area (Å²) in [4.78, 5) is 33.8. The van der Waals surface area contributed by atoms with Crippen LogP contribution in [0.4, 0.5) is 13.2 Å². The lowest BCUT2D eigenvalue weighted by atomic mass is 9.91. The first-order chi connectivity index (χ1) is 19.6. The number of hydrogen-bond acceptors (Lipinski definition) is 8. The molecule has 0 bridgehead atoms. The SMILES string of the molecule is Cc1cc(COc2ccc(C(=O)N[C@@H]3CNCC[C@@H]3c3nc(=S)[nH][nH]3)c(OC(=O)C(F)(F)F)c2)c2ccccc2n1. The van der Waals surface area contributed by atoms with E-state index in [-0.39, 0.29) is 28.6 Å². The van der Waals surface area contributed by atoms with Crippen LogP contribution in [0.1, 0.15) is 39.8 Å². The highest BCUT2D eigenvalue weighted by Crippen LogP contribution is 2.30. The molecule has 4 aromatic rings. The van der Waals surface area contributed by atoms with Crippen molar-refractivity contribution in [1.82, 2.24) is 30.8 Å². The highest BCUT2D eigenvalue weighted by atomic mass is 32.1. The number of aromatic nitrogens is 4. The minimum atomic E-state index is -5.27. The van der Waals surface area contributed by atoms with Crippen molar-refractivity contribution >= 4 is 35.0 Å². The lowest BCUT2D eigenvalue weighted by Crippen LogP contribution is -2.50. The molecule has 0 saturated carbocycles. The standard InChI is InChI=1S/C27H25F3N6O4S/c1-14-10-15(17-4-2-3-5-20(17)32-14)13-39-16-6-7-19(22(11-16)40-25(38)27(28,29)30)24(37)33-21-12-31-9-8-18(21)23-34-26(41)36-35-23/h2-7,10-11,18,21,31H,8-9,12-13H2,1H3,(H,33,37)(H2,34,35,36,41)/t18-,21+/m0/s1. The van der Waals surface area contributed by atoms with Gasteiger partial charge < -0.3 is 20.1 Å². The molecule has 0 spiro atoms. The van der Waals surface area contributed by atoms with Crippen molar-refractivity contribution in [3.8, 4) is 11.5 Å². The maximum Gasteiger partial charge on any atom is 0.491 e. The summed E-state index contributed by atoms with van der Waals surface area (Å²) < 4.78 is 50.1. The second-order valence-corrected chi connectivity index (χ2v) is 9.89. The zero-order valence-corrected chi connectivity index (χ0v) is 22.5. The maximum atomic E-state index is 13.3. The average molecular weight is 587 g/mol. The average Bonchev–Trinajstić information content (AvgIpc) is 3.37. The van der Waals surface area contributed by atoms with Gasteiger partial charge in [-0.05, 0) is 56.4 Å². The van der Waals surface area contributed by atoms with Gasteiger partial charge in [0.25, 0.3) is 5.91 Å². The summed E-state index contributed by atoms with van der Waals surface area (Å²) in [6.07, 6.45) is -4.65. The van der Waals surface area contributed by atoms with Gasteiger partial charge in [-0.1, -0.05) is 18.2 Å². The van der Waals surface area contributed by atoms with E-state index in [9.17, 15) is 22.8 Å². The van der Waals surface area contributed by atoms with Crippen LogP contribution in [-0.2, 0) is 11.4 Å². The smallest absolute Gasteiger partial charge is 0.489 e. The van der Waals surface area contributed by atoms with Crippen molar-refractivity contribution in [2.24, 2.45) is 0 Å². The molecule has 41 heavy (non-hydrogen) atoms. The summed E-state index contributed by atoms with van der Waals surface area (Å²) in [5.74, 6) is -3.36. The summed E-state index contributed by atoms with van der Waals surface area (Å²) >= 11 is 5.03. The van der Waals surface area contributed by atoms with Crippen molar-refractivity contribution in [2.75, 3.05) is 13.1 Å². The van der Waals surface area contributed by atoms with E-state index in [1.165, 1.54) is 12.1 Å². The number of benzene rings is 2. The number of aryl methyl sites for hydroxylation is 1. The van der Waals surface area contributed by atoms with Crippen molar-refractivity contribution in [1.29, 1.82) is 0 Å². The molecular formula is C27H25F3N6O4S. The highest BCUT2D eigenvalue weighted by Gasteiger charge is 2.42. The van der Waals surface area contributed by atoms with Gasteiger partial charge in [-0.25, -0.2) is 9.78 Å². The number of fused-ring (bicyclic) bond motifs is 1. The number of nitrogens with zero attached hydrogens (tertiary/aromatic N) is 2. The number of carbonyl (C=O) groups is 2. The summed E-state index contributed by atoms with van der Waals surface area (Å²) in [5, 5.41) is 12.5. The fourth-order valence-corrected chi connectivity index (χ4v) is 4.89. The molecule has 1 aliphatic heterocycles. The Hall–Kier alpha value is -4.30. The Balaban J connectivity index is 1.40. The number of ether oxygens (including phenoxy) is 2. The van der Waals surface area contributed by atoms with Crippen LogP contribution in [0.2, 0.25) is 0 Å². The van der Waals surface area contributed by atoms with Crippen LogP contribution in [0.15, 0.2) is 48.5 Å². The summed E-state index contributed by atoms with van der Waals surface area (Å²) in [6.45, 7) is 2.94. The second kappa shape index (κ2) is 11.7. The van der Waals surface area contributed by atoms with E-state index < -0.39 is 29.8 Å². The van der Waals surface area contributed by atoms with Crippen LogP contribution >= 0.6 is 12.2 Å². The molecule has 1 saturated heterocycles. The molecule has 10 nitrogen and oxygen atoms in total. The molecule has 0 aliphatic carbocycles. The van der Waals surface area contributed by atoms with Crippen LogP contribution in [0.5, 0.6) is 11.5 Å². The number of H-pyrrole nitrogens is 2. The predicted octanol–water partition coefficient (Wildman–Crippen LogP) is 4.25. The fourth-order valence-electron chi connectivity index (χ4n) is 4.74. The van der Waals surface area contributed by atoms with Crippen molar-refractivity contribution in [2.45, 2.75) is 38.1 Å². The number of rotatable bonds is 7. The van der Waals surface area contributed by atoms with Crippen molar-refractivity contribution in [3.05, 3.63) is 75.9 Å². The molecule has 1 fully saturated rings. The van der Waals surface area contributed by atoms with E-state index in [0.29, 0.717) is 25.3 Å². The normalized spacial score (nSPS) is 17.3. The van der Waals surface area contributed by atoms with Crippen molar-refractivity contribution in [3.63, 3.8) is 0 Å². The van der Waals surface area contributed by atoms with E-state index >= 15 is 0 Å². The number of carbonyl (C=O) groups excluding carboxylic acids is 2. The van der Waals surface area contributed by atoms with Gasteiger partial charge in [0.05, 0.1) is 17.1 Å². The maximum absolute atomic E-state index is 13.3. The molecule has 0 radical (unpaired) electrons. The predicted molar refractivity (Wildman–Crippen MR) is 144 cm³/mol. The molecule has 0 unspecified atom stereocenters. The molecule has 1 aliphatic rings. The van der Waals surface area contributed by atoms with E-state index in [1.54, 1.807) is 0 Å². The lowest BCUT2D eigenvalue weighted by Gasteiger charge is -2.31. The van der Waals surface area contributed by atoms with Gasteiger partial charge in [-0.2, -0.15) is 13.2 Å². The molecule has 2 atom stereocenters. The quantitative estimate of drug-likeness (QED) is 0.144. The van der Waals surface area contributed by atoms with Crippen molar-refractivity contribution < 1.29 is 32.2 Å². The van der Waals surface area contributed by atoms with Gasteiger partial charge in [0, 0.05) is 35.2 Å². The summed E-state index contributed by atoms with van der Waals surface area (Å²) in [7, 11) is 0. The Kier molecular flexibility index (Phi) is 8.03. The minimum Gasteiger partial charge on any atom is -0.489 e. The number of piperidine rings is 1. The molecule has 2 aromatic heterocycles. The second-order valence-electron chi connectivity index (χ2n) is 9.51. The zero-order valence-electron chi connectivity index (χ0n) is 21.7. The molecule has 14 heteroatoms. The van der Waals surface area contributed by atoms with E-state index in [1.807, 2.05) is 37.3 Å². The number of halogens is 3. The Labute approximate surface area is 236 Å². The van der Waals surface area contributed by atoms with Gasteiger partial charge in [-0.15, -0.1) is 0 Å². The van der Waals surface area contributed by atoms with E-state index in [2.05, 4.69) is 35.5 Å². The molecular weight excluding hydrogens is 561 g/mol. The number of amides is 1. The van der Waals surface area contributed by atoms with Crippen LogP contribution in [-0.4, -0.2) is 57.3 Å². The first kappa shape index (κ1) is 28.2. The van der Waals surface area contributed by atoms with Crippen LogP contribution in [0.25, 0.3) is 10.9 Å². The van der Waals surface area contributed by atoms with Crippen LogP contribution in [0, 0.1) is 11.7 Å².